The number of rotatable bonds is 8. The van der Waals surface area contributed by atoms with E-state index >= 15 is 0 Å². The maximum absolute atomic E-state index is 11.7. The Morgan fingerprint density at radius 2 is 1.65 bits per heavy atom. The molecule has 0 atom stereocenters. The van der Waals surface area contributed by atoms with Crippen molar-refractivity contribution >= 4 is 46.1 Å². The lowest BCUT2D eigenvalue weighted by Gasteiger charge is -2.16. The van der Waals surface area contributed by atoms with E-state index in [1.54, 1.807) is 12.1 Å². The molecule has 16 heteroatoms. The highest BCUT2D eigenvalue weighted by Crippen LogP contribution is 2.47. The van der Waals surface area contributed by atoms with Gasteiger partial charge in [-0.3, -0.25) is 14.8 Å². The third-order valence-corrected chi connectivity index (χ3v) is 5.95. The van der Waals surface area contributed by atoms with E-state index in [4.69, 9.17) is 38.4 Å². The van der Waals surface area contributed by atoms with Crippen molar-refractivity contribution in [2.75, 3.05) is 20.8 Å². The van der Waals surface area contributed by atoms with Gasteiger partial charge in [-0.1, -0.05) is 29.3 Å². The second-order valence-electron chi connectivity index (χ2n) is 7.84. The molecule has 0 spiro atoms. The summed E-state index contributed by atoms with van der Waals surface area (Å²) < 4.78 is 45.7. The molecule has 1 amide bonds. The van der Waals surface area contributed by atoms with Crippen molar-refractivity contribution in [2.24, 2.45) is 5.73 Å². The van der Waals surface area contributed by atoms with E-state index in [2.05, 4.69) is 25.3 Å². The minimum Gasteiger partial charge on any atom is -0.495 e. The number of fused-ring (bicyclic) bond motifs is 1. The second kappa shape index (κ2) is 12.8. The van der Waals surface area contributed by atoms with Crippen LogP contribution in [0.15, 0.2) is 36.8 Å². The Kier molecular flexibility index (Phi) is 9.74. The molecule has 5 N–H and O–H groups in total. The first-order chi connectivity index (χ1) is 18.9. The summed E-state index contributed by atoms with van der Waals surface area (Å²) in [5.41, 5.74) is 6.86. The molecule has 0 aliphatic rings. The summed E-state index contributed by atoms with van der Waals surface area (Å²) in [5, 5.41) is 12.0. The number of alkyl halides is 3. The molecule has 0 bridgehead atoms. The van der Waals surface area contributed by atoms with Crippen molar-refractivity contribution in [1.82, 2.24) is 25.3 Å². The molecule has 40 heavy (non-hydrogen) atoms. The van der Waals surface area contributed by atoms with Crippen LogP contribution in [-0.4, -0.2) is 63.9 Å². The zero-order valence-corrected chi connectivity index (χ0v) is 22.3. The predicted molar refractivity (Wildman–Crippen MR) is 140 cm³/mol. The first kappa shape index (κ1) is 30.4. The Hall–Kier alpha value is -4.14. The number of benzene rings is 2. The number of aromatic amines is 1. The molecule has 0 saturated carbocycles. The zero-order valence-electron chi connectivity index (χ0n) is 20.8. The van der Waals surface area contributed by atoms with Gasteiger partial charge in [-0.15, -0.1) is 0 Å². The molecular weight excluding hydrogens is 580 g/mol. The number of ether oxygens (including phenoxy) is 2. The summed E-state index contributed by atoms with van der Waals surface area (Å²) in [6.07, 6.45) is -0.111. The number of halogens is 5. The zero-order chi connectivity index (χ0) is 29.6. The van der Waals surface area contributed by atoms with E-state index < -0.39 is 24.6 Å². The van der Waals surface area contributed by atoms with E-state index in [0.717, 1.165) is 0 Å². The number of nitrogens with zero attached hydrogens (tertiary/aromatic N) is 3. The van der Waals surface area contributed by atoms with Gasteiger partial charge in [-0.05, 0) is 6.07 Å². The van der Waals surface area contributed by atoms with Crippen molar-refractivity contribution in [3.8, 4) is 22.6 Å². The fraction of sp³-hybridized carbons (Fsp3) is 0.208. The van der Waals surface area contributed by atoms with Gasteiger partial charge < -0.3 is 30.6 Å². The Bertz CT molecular complexity index is 1520. The average molecular weight is 601 g/mol. The third kappa shape index (κ3) is 7.08. The minimum absolute atomic E-state index is 0.0361. The molecule has 0 aliphatic heterocycles. The van der Waals surface area contributed by atoms with Gasteiger partial charge in [0, 0.05) is 41.8 Å². The number of carboxylic acids is 1. The topological polar surface area (TPSA) is 165 Å². The highest BCUT2D eigenvalue weighted by molar-refractivity contribution is 6.41. The van der Waals surface area contributed by atoms with Gasteiger partial charge in [0.15, 0.2) is 5.82 Å². The summed E-state index contributed by atoms with van der Waals surface area (Å²) in [5.74, 6) is -1.18. The Morgan fingerprint density at radius 3 is 2.15 bits per heavy atom. The number of primary amides is 1. The quantitative estimate of drug-likeness (QED) is 0.228. The first-order valence-corrected chi connectivity index (χ1v) is 11.8. The number of H-pyrrole nitrogens is 1. The van der Waals surface area contributed by atoms with Crippen LogP contribution in [0, 0.1) is 0 Å². The molecule has 2 aromatic carbocycles. The van der Waals surface area contributed by atoms with Crippen LogP contribution in [0.3, 0.4) is 0 Å². The van der Waals surface area contributed by atoms with Crippen LogP contribution in [0.2, 0.25) is 10.0 Å². The molecule has 0 unspecified atom stereocenters. The lowest BCUT2D eigenvalue weighted by atomic mass is 10.00. The normalized spacial score (nSPS) is 11.1. The van der Waals surface area contributed by atoms with Crippen LogP contribution in [0.25, 0.3) is 22.2 Å². The summed E-state index contributed by atoms with van der Waals surface area (Å²) in [6, 6.07) is 4.60. The van der Waals surface area contributed by atoms with Crippen LogP contribution in [0.5, 0.6) is 11.5 Å². The molecule has 0 aliphatic carbocycles. The maximum atomic E-state index is 11.7. The molecule has 11 nitrogen and oxygen atoms in total. The van der Waals surface area contributed by atoms with Gasteiger partial charge in [0.05, 0.1) is 48.1 Å². The van der Waals surface area contributed by atoms with E-state index in [1.807, 2.05) is 0 Å². The van der Waals surface area contributed by atoms with Gasteiger partial charge in [-0.2, -0.15) is 13.2 Å². The Labute approximate surface area is 234 Å². The number of carbonyl (C=O) groups excluding carboxylic acids is 1. The van der Waals surface area contributed by atoms with E-state index in [9.17, 15) is 27.9 Å². The van der Waals surface area contributed by atoms with Crippen molar-refractivity contribution < 1.29 is 37.3 Å². The number of carbonyl (C=O) groups is 2. The summed E-state index contributed by atoms with van der Waals surface area (Å²) >= 11 is 12.9. The summed E-state index contributed by atoms with van der Waals surface area (Å²) in [7, 11) is 2.95. The van der Waals surface area contributed by atoms with E-state index in [1.165, 1.54) is 38.9 Å². The lowest BCUT2D eigenvalue weighted by molar-refractivity contribution is -0.125. The van der Waals surface area contributed by atoms with Crippen LogP contribution in [-0.2, 0) is 6.54 Å². The van der Waals surface area contributed by atoms with Gasteiger partial charge in [-0.25, -0.2) is 9.78 Å². The lowest BCUT2D eigenvalue weighted by Crippen LogP contribution is -2.28. The third-order valence-electron chi connectivity index (χ3n) is 5.20. The molecule has 212 valence electrons. The van der Waals surface area contributed by atoms with Gasteiger partial charge in [0.1, 0.15) is 17.0 Å². The van der Waals surface area contributed by atoms with Crippen LogP contribution < -0.4 is 20.5 Å². The molecule has 4 rings (SSSR count). The van der Waals surface area contributed by atoms with Crippen molar-refractivity contribution in [1.29, 1.82) is 0 Å². The Morgan fingerprint density at radius 1 is 1.05 bits per heavy atom. The number of imidazole rings is 1. The SMILES string of the molecule is COc1cc(OC)c(Cl)c(-c2ccc(C(=O)O)c3nccnc23)c1Cl.NC(=O)c1ncc(CNCC(F)(F)F)[nH]1. The fourth-order valence-electron chi connectivity index (χ4n) is 3.47. The number of aromatic carboxylic acids is 1. The predicted octanol–water partition coefficient (Wildman–Crippen LogP) is 4.48. The van der Waals surface area contributed by atoms with Crippen LogP contribution in [0.4, 0.5) is 13.2 Å². The number of nitrogens with two attached hydrogens (primary N) is 1. The number of carboxylic acid groups (broad SMARTS) is 1. The van der Waals surface area contributed by atoms with Gasteiger partial charge >= 0.3 is 12.1 Å². The van der Waals surface area contributed by atoms with Gasteiger partial charge in [0.2, 0.25) is 0 Å². The van der Waals surface area contributed by atoms with Crippen molar-refractivity contribution in [3.63, 3.8) is 0 Å². The minimum atomic E-state index is -4.26. The number of hydrogen-bond acceptors (Lipinski definition) is 8. The van der Waals surface area contributed by atoms with E-state index in [-0.39, 0.29) is 33.5 Å². The molecule has 4 aromatic rings. The second-order valence-corrected chi connectivity index (χ2v) is 8.60. The number of nitrogens with one attached hydrogen (secondary N) is 2. The number of aromatic nitrogens is 4. The molecular formula is C24H21Cl2F3N6O5. The highest BCUT2D eigenvalue weighted by Gasteiger charge is 2.26. The van der Waals surface area contributed by atoms with Crippen molar-refractivity contribution in [2.45, 2.75) is 12.7 Å². The molecule has 2 aromatic heterocycles. The monoisotopic (exact) mass is 600 g/mol. The maximum Gasteiger partial charge on any atom is 0.401 e. The number of amides is 1. The Balaban J connectivity index is 0.000000252. The summed E-state index contributed by atoms with van der Waals surface area (Å²) in [4.78, 5) is 36.5. The highest BCUT2D eigenvalue weighted by atomic mass is 35.5. The smallest absolute Gasteiger partial charge is 0.401 e. The van der Waals surface area contributed by atoms with Crippen LogP contribution in [0.1, 0.15) is 26.7 Å². The molecule has 0 fully saturated rings. The largest absolute Gasteiger partial charge is 0.495 e. The summed E-state index contributed by atoms with van der Waals surface area (Å²) in [6.45, 7) is -1.16. The molecule has 0 radical (unpaired) electrons. The van der Waals surface area contributed by atoms with E-state index in [0.29, 0.717) is 33.8 Å². The number of hydrogen-bond donors (Lipinski definition) is 4. The molecule has 2 heterocycles. The van der Waals surface area contributed by atoms with Crippen LogP contribution >= 0.6 is 23.2 Å². The standard InChI is InChI=1S/C17H12Cl2N2O4.C7H9F3N4O/c1-24-10-7-11(25-2)14(19)12(13(10)18)8-3-4-9(17(22)23)16-15(8)20-5-6-21-16;8-7(9,10)3-12-1-4-2-13-6(14-4)5(11)15/h3-7H,1-2H3,(H,22,23);2,12H,1,3H2,(H2,11,15)(H,13,14). The number of methoxy groups -OCH3 is 2. The fourth-order valence-corrected chi connectivity index (χ4v) is 4.17. The average Bonchev–Trinajstić information content (AvgIpc) is 3.38. The van der Waals surface area contributed by atoms with Crippen molar-refractivity contribution in [3.05, 3.63) is 63.9 Å². The first-order valence-electron chi connectivity index (χ1n) is 11.1. The molecule has 0 saturated heterocycles. The van der Waals surface area contributed by atoms with Gasteiger partial charge in [0.25, 0.3) is 5.91 Å².